The summed E-state index contributed by atoms with van der Waals surface area (Å²) in [6, 6.07) is 0.192. The van der Waals surface area contributed by atoms with Crippen LogP contribution in [0.3, 0.4) is 0 Å². The van der Waals surface area contributed by atoms with Crippen molar-refractivity contribution < 1.29 is 0 Å². The first-order valence-electron chi connectivity index (χ1n) is 5.48. The molecule has 4 heteroatoms. The molecular weight excluding hydrogens is 190 g/mol. The van der Waals surface area contributed by atoms with E-state index < -0.39 is 0 Å². The topological polar surface area (TPSA) is 52.9 Å². The molecule has 0 amide bonds. The van der Waals surface area contributed by atoms with E-state index >= 15 is 0 Å². The highest BCUT2D eigenvalue weighted by Crippen LogP contribution is 2.21. The van der Waals surface area contributed by atoms with E-state index in [0.717, 1.165) is 12.1 Å². The number of anilines is 1. The van der Waals surface area contributed by atoms with Crippen molar-refractivity contribution in [2.45, 2.75) is 46.1 Å². The van der Waals surface area contributed by atoms with Crippen LogP contribution in [0, 0.1) is 0 Å². The summed E-state index contributed by atoms with van der Waals surface area (Å²) >= 11 is 0. The predicted molar refractivity (Wildman–Crippen MR) is 63.2 cm³/mol. The standard InChI is InChI=1S/C11H21N3O/c1-6-8(4)14-11(15)9(12)10(7(2)3)13(14)5/h7-8H,6,12H2,1-5H3. The first kappa shape index (κ1) is 11.9. The monoisotopic (exact) mass is 211 g/mol. The van der Waals surface area contributed by atoms with Crippen molar-refractivity contribution >= 4 is 5.69 Å². The molecular formula is C11H21N3O. The molecule has 4 nitrogen and oxygen atoms in total. The summed E-state index contributed by atoms with van der Waals surface area (Å²) in [5, 5.41) is 0. The van der Waals surface area contributed by atoms with Gasteiger partial charge in [0.05, 0.1) is 11.7 Å². The van der Waals surface area contributed by atoms with E-state index in [-0.39, 0.29) is 17.5 Å². The highest BCUT2D eigenvalue weighted by molar-refractivity contribution is 5.43. The van der Waals surface area contributed by atoms with Crippen molar-refractivity contribution in [1.82, 2.24) is 9.36 Å². The summed E-state index contributed by atoms with van der Waals surface area (Å²) in [5.74, 6) is 0.271. The highest BCUT2D eigenvalue weighted by atomic mass is 16.1. The molecule has 1 rings (SSSR count). The maximum Gasteiger partial charge on any atom is 0.290 e. The first-order valence-corrected chi connectivity index (χ1v) is 5.48. The van der Waals surface area contributed by atoms with E-state index in [1.807, 2.05) is 32.5 Å². The van der Waals surface area contributed by atoms with E-state index in [1.165, 1.54) is 0 Å². The highest BCUT2D eigenvalue weighted by Gasteiger charge is 2.19. The van der Waals surface area contributed by atoms with Gasteiger partial charge in [-0.1, -0.05) is 20.8 Å². The summed E-state index contributed by atoms with van der Waals surface area (Å²) in [5.41, 5.74) is 7.11. The third-order valence-corrected chi connectivity index (χ3v) is 2.94. The Bertz CT molecular complexity index is 401. The van der Waals surface area contributed by atoms with Crippen molar-refractivity contribution in [3.05, 3.63) is 16.0 Å². The average Bonchev–Trinajstić information content (AvgIpc) is 2.37. The van der Waals surface area contributed by atoms with Gasteiger partial charge in [0.1, 0.15) is 5.69 Å². The molecule has 0 aliphatic heterocycles. The van der Waals surface area contributed by atoms with Crippen LogP contribution in [0.2, 0.25) is 0 Å². The lowest BCUT2D eigenvalue weighted by molar-refractivity contribution is 0.392. The number of rotatable bonds is 3. The molecule has 0 radical (unpaired) electrons. The summed E-state index contributed by atoms with van der Waals surface area (Å²) < 4.78 is 3.64. The Morgan fingerprint density at radius 3 is 2.20 bits per heavy atom. The molecule has 0 aliphatic rings. The zero-order valence-electron chi connectivity index (χ0n) is 10.2. The van der Waals surface area contributed by atoms with Gasteiger partial charge in [0.25, 0.3) is 5.56 Å². The van der Waals surface area contributed by atoms with Crippen molar-refractivity contribution in [3.8, 4) is 0 Å². The molecule has 1 aromatic rings. The zero-order valence-corrected chi connectivity index (χ0v) is 10.2. The van der Waals surface area contributed by atoms with Crippen LogP contribution in [0.1, 0.15) is 51.8 Å². The van der Waals surface area contributed by atoms with Crippen LogP contribution in [-0.4, -0.2) is 9.36 Å². The number of hydrogen-bond donors (Lipinski definition) is 1. The fourth-order valence-corrected chi connectivity index (χ4v) is 2.01. The van der Waals surface area contributed by atoms with Crippen LogP contribution < -0.4 is 11.3 Å². The summed E-state index contributed by atoms with van der Waals surface area (Å²) in [4.78, 5) is 11.9. The average molecular weight is 211 g/mol. The molecule has 1 unspecified atom stereocenters. The Kier molecular flexibility index (Phi) is 3.27. The Labute approximate surface area is 90.7 Å². The fraction of sp³-hybridized carbons (Fsp3) is 0.727. The van der Waals surface area contributed by atoms with Crippen LogP contribution in [0.25, 0.3) is 0 Å². The minimum Gasteiger partial charge on any atom is -0.393 e. The second-order valence-electron chi connectivity index (χ2n) is 4.38. The second kappa shape index (κ2) is 4.13. The summed E-state index contributed by atoms with van der Waals surface area (Å²) in [6.45, 7) is 8.19. The van der Waals surface area contributed by atoms with Crippen LogP contribution >= 0.6 is 0 Å². The third kappa shape index (κ3) is 1.80. The predicted octanol–water partition coefficient (Wildman–Crippen LogP) is 1.86. The van der Waals surface area contributed by atoms with Crippen LogP contribution in [0.15, 0.2) is 4.79 Å². The molecule has 0 bridgehead atoms. The number of nitrogens with zero attached hydrogens (tertiary/aromatic N) is 2. The molecule has 0 aromatic carbocycles. The normalized spacial score (nSPS) is 13.5. The van der Waals surface area contributed by atoms with E-state index in [9.17, 15) is 4.79 Å². The smallest absolute Gasteiger partial charge is 0.290 e. The van der Waals surface area contributed by atoms with Gasteiger partial charge in [-0.3, -0.25) is 9.48 Å². The third-order valence-electron chi connectivity index (χ3n) is 2.94. The number of nitrogen functional groups attached to an aromatic ring is 1. The SMILES string of the molecule is CCC(C)n1c(=O)c(N)c(C(C)C)n1C. The molecule has 1 heterocycles. The van der Waals surface area contributed by atoms with Gasteiger partial charge in [-0.25, -0.2) is 4.68 Å². The molecule has 0 fully saturated rings. The van der Waals surface area contributed by atoms with Gasteiger partial charge in [0, 0.05) is 7.05 Å². The summed E-state index contributed by atoms with van der Waals surface area (Å²) in [6.07, 6.45) is 0.925. The summed E-state index contributed by atoms with van der Waals surface area (Å²) in [7, 11) is 1.90. The van der Waals surface area contributed by atoms with E-state index in [2.05, 4.69) is 6.92 Å². The van der Waals surface area contributed by atoms with Crippen molar-refractivity contribution in [2.24, 2.45) is 7.05 Å². The van der Waals surface area contributed by atoms with Crippen molar-refractivity contribution in [3.63, 3.8) is 0 Å². The molecule has 1 aromatic heterocycles. The van der Waals surface area contributed by atoms with Gasteiger partial charge in [-0.2, -0.15) is 0 Å². The van der Waals surface area contributed by atoms with Gasteiger partial charge in [-0.15, -0.1) is 0 Å². The number of hydrogen-bond acceptors (Lipinski definition) is 2. The second-order valence-corrected chi connectivity index (χ2v) is 4.38. The van der Waals surface area contributed by atoms with Crippen LogP contribution in [0.5, 0.6) is 0 Å². The molecule has 1 atom stereocenters. The lowest BCUT2D eigenvalue weighted by Crippen LogP contribution is -2.25. The Morgan fingerprint density at radius 1 is 1.33 bits per heavy atom. The minimum atomic E-state index is -0.0597. The van der Waals surface area contributed by atoms with Crippen molar-refractivity contribution in [1.29, 1.82) is 0 Å². The molecule has 0 saturated heterocycles. The first-order chi connectivity index (χ1) is 6.91. The molecule has 86 valence electrons. The largest absolute Gasteiger partial charge is 0.393 e. The van der Waals surface area contributed by atoms with E-state index in [1.54, 1.807) is 4.68 Å². The lowest BCUT2D eigenvalue weighted by Gasteiger charge is -2.16. The Hall–Kier alpha value is -1.19. The lowest BCUT2D eigenvalue weighted by atomic mass is 10.1. The van der Waals surface area contributed by atoms with Gasteiger partial charge in [0.2, 0.25) is 0 Å². The molecule has 15 heavy (non-hydrogen) atoms. The van der Waals surface area contributed by atoms with Gasteiger partial charge < -0.3 is 5.73 Å². The van der Waals surface area contributed by atoms with Gasteiger partial charge in [0.15, 0.2) is 0 Å². The fourth-order valence-electron chi connectivity index (χ4n) is 2.01. The van der Waals surface area contributed by atoms with Gasteiger partial charge in [-0.05, 0) is 19.3 Å². The van der Waals surface area contributed by atoms with Crippen LogP contribution in [-0.2, 0) is 7.05 Å². The zero-order chi connectivity index (χ0) is 11.7. The van der Waals surface area contributed by atoms with E-state index in [4.69, 9.17) is 5.73 Å². The Balaban J connectivity index is 3.43. The van der Waals surface area contributed by atoms with Crippen molar-refractivity contribution in [2.75, 3.05) is 5.73 Å². The maximum absolute atomic E-state index is 11.9. The number of aromatic nitrogens is 2. The molecule has 0 saturated carbocycles. The quantitative estimate of drug-likeness (QED) is 0.829. The minimum absolute atomic E-state index is 0.0597. The van der Waals surface area contributed by atoms with E-state index in [0.29, 0.717) is 5.69 Å². The molecule has 2 N–H and O–H groups in total. The maximum atomic E-state index is 11.9. The Morgan fingerprint density at radius 2 is 1.87 bits per heavy atom. The molecule has 0 spiro atoms. The van der Waals surface area contributed by atoms with Gasteiger partial charge >= 0.3 is 0 Å². The number of nitrogens with two attached hydrogens (primary N) is 1. The van der Waals surface area contributed by atoms with Crippen LogP contribution in [0.4, 0.5) is 5.69 Å². The molecule has 0 aliphatic carbocycles.